The lowest BCUT2D eigenvalue weighted by atomic mass is 10.4. The molecule has 0 fully saturated rings. The van der Waals surface area contributed by atoms with Crippen molar-refractivity contribution >= 4 is 53.7 Å². The molecule has 6 heteroatoms. The van der Waals surface area contributed by atoms with Gasteiger partial charge in [-0.2, -0.15) is 0 Å². The maximum absolute atomic E-state index is 10.3. The Labute approximate surface area is 83.6 Å². The third-order valence-electron chi connectivity index (χ3n) is 0.625. The quantitative estimate of drug-likeness (QED) is 0.557. The minimum Gasteiger partial charge on any atom is -0.399 e. The van der Waals surface area contributed by atoms with Crippen molar-refractivity contribution in [2.45, 2.75) is 2.14 Å². The maximum atomic E-state index is 10.3. The first-order valence-electron chi connectivity index (χ1n) is 2.18. The fourth-order valence-electron chi connectivity index (χ4n) is 0.235. The van der Waals surface area contributed by atoms with Gasteiger partial charge in [-0.05, 0) is 0 Å². The molecular weight excluding hydrogens is 332 g/mol. The summed E-state index contributed by atoms with van der Waals surface area (Å²) >= 11 is 9.31. The number of carbonyl (C=O) groups is 1. The Morgan fingerprint density at radius 1 is 1.30 bits per heavy atom. The average molecular weight is 337 g/mol. The summed E-state index contributed by atoms with van der Waals surface area (Å²) < 4.78 is -0.734. The largest absolute Gasteiger partial charge is 0.399 e. The molecule has 0 spiro atoms. The second-order valence-corrected chi connectivity index (χ2v) is 8.26. The van der Waals surface area contributed by atoms with Crippen LogP contribution in [0.25, 0.3) is 0 Å². The van der Waals surface area contributed by atoms with E-state index in [4.69, 9.17) is 11.5 Å². The third kappa shape index (κ3) is 4.29. The zero-order chi connectivity index (χ0) is 8.36. The van der Waals surface area contributed by atoms with Crippen molar-refractivity contribution < 1.29 is 4.79 Å². The summed E-state index contributed by atoms with van der Waals surface area (Å²) in [6, 6.07) is 0. The van der Waals surface area contributed by atoms with Gasteiger partial charge in [0.25, 0.3) is 0 Å². The molecule has 4 N–H and O–H groups in total. The lowest BCUT2D eigenvalue weighted by Gasteiger charge is -2.10. The first-order valence-corrected chi connectivity index (χ1v) is 4.55. The minimum atomic E-state index is -0.734. The van der Waals surface area contributed by atoms with Crippen molar-refractivity contribution in [3.63, 3.8) is 0 Å². The molecule has 0 radical (unpaired) electrons. The molecule has 0 aliphatic rings. The second kappa shape index (κ2) is 3.73. The van der Waals surface area contributed by atoms with Crippen LogP contribution in [0.15, 0.2) is 11.8 Å². The molecule has 0 aliphatic heterocycles. The smallest absolute Gasteiger partial charge is 0.243 e. The lowest BCUT2D eigenvalue weighted by molar-refractivity contribution is -0.113. The number of halogens is 3. The van der Waals surface area contributed by atoms with E-state index in [2.05, 4.69) is 47.8 Å². The Bertz CT molecular complexity index is 172. The van der Waals surface area contributed by atoms with Crippen molar-refractivity contribution in [3.8, 4) is 0 Å². The van der Waals surface area contributed by atoms with Gasteiger partial charge < -0.3 is 11.5 Å². The van der Waals surface area contributed by atoms with Gasteiger partial charge in [0.2, 0.25) is 5.91 Å². The molecule has 3 nitrogen and oxygen atoms in total. The summed E-state index contributed by atoms with van der Waals surface area (Å²) in [6.45, 7) is 0. The molecule has 0 aromatic carbocycles. The molecular formula is C4H5Br3N2O. The maximum Gasteiger partial charge on any atom is 0.243 e. The molecule has 0 saturated carbocycles. The van der Waals surface area contributed by atoms with Crippen LogP contribution >= 0.6 is 47.8 Å². The number of rotatable bonds is 1. The van der Waals surface area contributed by atoms with Crippen LogP contribution in [-0.2, 0) is 4.79 Å². The van der Waals surface area contributed by atoms with Gasteiger partial charge in [0.05, 0.1) is 5.70 Å². The Morgan fingerprint density at radius 3 is 1.80 bits per heavy atom. The number of alkyl halides is 3. The first-order chi connectivity index (χ1) is 4.34. The van der Waals surface area contributed by atoms with Crippen molar-refractivity contribution in [3.05, 3.63) is 11.8 Å². The average Bonchev–Trinajstić information content (AvgIpc) is 1.60. The van der Waals surface area contributed by atoms with Crippen molar-refractivity contribution in [2.75, 3.05) is 0 Å². The van der Waals surface area contributed by atoms with Gasteiger partial charge in [0, 0.05) is 6.08 Å². The second-order valence-electron chi connectivity index (χ2n) is 1.50. The fourth-order valence-corrected chi connectivity index (χ4v) is 0.578. The highest BCUT2D eigenvalue weighted by molar-refractivity contribution is 9.39. The lowest BCUT2D eigenvalue weighted by Crippen LogP contribution is -2.18. The van der Waals surface area contributed by atoms with Gasteiger partial charge in [0.1, 0.15) is 0 Å². The predicted octanol–water partition coefficient (Wildman–Crippen LogP) is 1.15. The Kier molecular flexibility index (Phi) is 3.90. The molecule has 0 bridgehead atoms. The topological polar surface area (TPSA) is 69.1 Å². The zero-order valence-electron chi connectivity index (χ0n) is 4.77. The number of nitrogens with two attached hydrogens (primary N) is 2. The van der Waals surface area contributed by atoms with Crippen molar-refractivity contribution in [1.29, 1.82) is 0 Å². The summed E-state index contributed by atoms with van der Waals surface area (Å²) in [7, 11) is 0. The van der Waals surface area contributed by atoms with Gasteiger partial charge in [-0.1, -0.05) is 47.8 Å². The number of amides is 1. The number of allylic oxidation sites excluding steroid dienone is 1. The van der Waals surface area contributed by atoms with Crippen molar-refractivity contribution in [2.24, 2.45) is 11.5 Å². The van der Waals surface area contributed by atoms with Crippen LogP contribution in [-0.4, -0.2) is 8.05 Å². The van der Waals surface area contributed by atoms with E-state index in [1.807, 2.05) is 0 Å². The van der Waals surface area contributed by atoms with E-state index < -0.39 is 8.05 Å². The highest BCUT2D eigenvalue weighted by Crippen LogP contribution is 2.37. The third-order valence-corrected chi connectivity index (χ3v) is 2.00. The first kappa shape index (κ1) is 10.4. The molecule has 1 amide bonds. The Morgan fingerprint density at radius 2 is 1.70 bits per heavy atom. The summed E-state index contributed by atoms with van der Waals surface area (Å²) in [6.07, 6.45) is 1.11. The molecule has 0 saturated heterocycles. The van der Waals surface area contributed by atoms with Crippen LogP contribution < -0.4 is 11.5 Å². The van der Waals surface area contributed by atoms with Gasteiger partial charge in [-0.15, -0.1) is 0 Å². The van der Waals surface area contributed by atoms with E-state index in [0.717, 1.165) is 6.08 Å². The van der Waals surface area contributed by atoms with Crippen molar-refractivity contribution in [1.82, 2.24) is 0 Å². The number of hydrogen-bond acceptors (Lipinski definition) is 2. The van der Waals surface area contributed by atoms with E-state index in [0.29, 0.717) is 0 Å². The van der Waals surface area contributed by atoms with Gasteiger partial charge in [-0.25, -0.2) is 0 Å². The molecule has 0 aromatic heterocycles. The van der Waals surface area contributed by atoms with E-state index in [9.17, 15) is 4.79 Å². The number of carbonyl (C=O) groups excluding carboxylic acids is 1. The van der Waals surface area contributed by atoms with Crippen LogP contribution in [0, 0.1) is 0 Å². The molecule has 0 atom stereocenters. The van der Waals surface area contributed by atoms with Crippen LogP contribution in [0.4, 0.5) is 0 Å². The monoisotopic (exact) mass is 334 g/mol. The van der Waals surface area contributed by atoms with E-state index >= 15 is 0 Å². The molecule has 0 unspecified atom stereocenters. The summed E-state index contributed by atoms with van der Waals surface area (Å²) in [5.41, 5.74) is 10.5. The van der Waals surface area contributed by atoms with Gasteiger partial charge >= 0.3 is 0 Å². The zero-order valence-corrected chi connectivity index (χ0v) is 9.53. The van der Waals surface area contributed by atoms with E-state index in [-0.39, 0.29) is 5.70 Å². The van der Waals surface area contributed by atoms with E-state index in [1.165, 1.54) is 0 Å². The fraction of sp³-hybridized carbons (Fsp3) is 0.250. The summed E-state index contributed by atoms with van der Waals surface area (Å²) in [5.74, 6) is -0.583. The molecule has 0 rings (SSSR count). The van der Waals surface area contributed by atoms with Crippen LogP contribution in [0.5, 0.6) is 0 Å². The SMILES string of the molecule is NC(=O)/C=C(\N)C(Br)(Br)Br. The molecule has 58 valence electrons. The Hall–Kier alpha value is 0.450. The number of hydrogen-bond donors (Lipinski definition) is 2. The summed E-state index contributed by atoms with van der Waals surface area (Å²) in [5, 5.41) is 0. The standard InChI is InChI=1S/C4H5Br3N2O/c5-4(6,7)2(8)1-3(9)10/h1H,8H2,(H2,9,10)/b2-1-. The Balaban J connectivity index is 4.35. The molecule has 10 heavy (non-hydrogen) atoms. The summed E-state index contributed by atoms with van der Waals surface area (Å²) in [4.78, 5) is 10.3. The van der Waals surface area contributed by atoms with Crippen LogP contribution in [0.3, 0.4) is 0 Å². The van der Waals surface area contributed by atoms with Crippen LogP contribution in [0.1, 0.15) is 0 Å². The normalized spacial score (nSPS) is 13.3. The van der Waals surface area contributed by atoms with E-state index in [1.54, 1.807) is 0 Å². The van der Waals surface area contributed by atoms with Gasteiger partial charge in [-0.3, -0.25) is 4.79 Å². The molecule has 0 aromatic rings. The van der Waals surface area contributed by atoms with Crippen LogP contribution in [0.2, 0.25) is 0 Å². The minimum absolute atomic E-state index is 0.264. The molecule has 0 aliphatic carbocycles. The molecule has 0 heterocycles. The number of primary amides is 1. The highest BCUT2D eigenvalue weighted by Gasteiger charge is 2.21. The highest BCUT2D eigenvalue weighted by atomic mass is 80.0. The van der Waals surface area contributed by atoms with Gasteiger partial charge in [0.15, 0.2) is 2.14 Å². The predicted molar refractivity (Wildman–Crippen MR) is 51.0 cm³/mol.